The van der Waals surface area contributed by atoms with E-state index in [0.29, 0.717) is 52.0 Å². The molecular formula is C39H47N6O6PS. The maximum atomic E-state index is 13.5. The number of hydrogen-bond acceptors (Lipinski definition) is 9. The molecule has 0 spiro atoms. The number of methoxy groups -OCH3 is 1. The van der Waals surface area contributed by atoms with Crippen LogP contribution in [-0.4, -0.2) is 56.0 Å². The maximum absolute atomic E-state index is 13.5. The molecular weight excluding hydrogens is 712 g/mol. The lowest BCUT2D eigenvalue weighted by molar-refractivity contribution is 0.262. The molecule has 2 atom stereocenters. The van der Waals surface area contributed by atoms with E-state index in [4.69, 9.17) is 14.0 Å². The monoisotopic (exact) mass is 758 g/mol. The smallest absolute Gasteiger partial charge is 0.323 e. The van der Waals surface area contributed by atoms with E-state index in [2.05, 4.69) is 46.4 Å². The molecule has 12 nitrogen and oxygen atoms in total. The summed E-state index contributed by atoms with van der Waals surface area (Å²) in [7, 11) is 0.936. The molecule has 1 heterocycles. The van der Waals surface area contributed by atoms with Gasteiger partial charge in [0.2, 0.25) is 7.37 Å². The summed E-state index contributed by atoms with van der Waals surface area (Å²) in [5.74, 6) is 2.05. The van der Waals surface area contributed by atoms with Crippen molar-refractivity contribution in [2.24, 2.45) is 0 Å². The molecule has 0 fully saturated rings. The summed E-state index contributed by atoms with van der Waals surface area (Å²) in [5, 5.41) is 11.4. The Morgan fingerprint density at radius 3 is 2.28 bits per heavy atom. The quantitative estimate of drug-likeness (QED) is 0.0865. The van der Waals surface area contributed by atoms with Crippen molar-refractivity contribution >= 4 is 74.7 Å². The normalized spacial score (nSPS) is 13.1. The minimum atomic E-state index is -3.00. The Morgan fingerprint density at radius 1 is 0.925 bits per heavy atom. The van der Waals surface area contributed by atoms with Gasteiger partial charge in [-0.2, -0.15) is 0 Å². The van der Waals surface area contributed by atoms with Crippen molar-refractivity contribution in [3.8, 4) is 17.2 Å². The molecule has 0 bridgehead atoms. The molecule has 2 unspecified atom stereocenters. The number of amides is 2. The predicted molar refractivity (Wildman–Crippen MR) is 219 cm³/mol. The molecule has 0 aliphatic heterocycles. The number of anilines is 6. The fourth-order valence-corrected chi connectivity index (χ4v) is 7.91. The molecule has 5 rings (SSSR count). The van der Waals surface area contributed by atoms with Gasteiger partial charge in [0.1, 0.15) is 28.3 Å². The van der Waals surface area contributed by atoms with Gasteiger partial charge in [-0.1, -0.05) is 45.0 Å². The van der Waals surface area contributed by atoms with Crippen LogP contribution in [0.5, 0.6) is 17.2 Å². The number of benzene rings is 4. The summed E-state index contributed by atoms with van der Waals surface area (Å²) in [4.78, 5) is 19.9. The minimum Gasteiger partial charge on any atom is -0.492 e. The van der Waals surface area contributed by atoms with Crippen molar-refractivity contribution in [2.75, 3.05) is 66.3 Å². The number of hydrogen-bond donors (Lipinski definition) is 4. The molecule has 280 valence electrons. The highest BCUT2D eigenvalue weighted by molar-refractivity contribution is 7.85. The summed E-state index contributed by atoms with van der Waals surface area (Å²) in [6.07, 6.45) is 3.18. The van der Waals surface area contributed by atoms with Gasteiger partial charge in [0.25, 0.3) is 0 Å². The fraction of sp³-hybridized carbons (Fsp3) is 0.282. The van der Waals surface area contributed by atoms with E-state index in [9.17, 15) is 13.6 Å². The third kappa shape index (κ3) is 9.47. The van der Waals surface area contributed by atoms with Crippen molar-refractivity contribution in [2.45, 2.75) is 33.1 Å². The Balaban J connectivity index is 1.38. The molecule has 4 N–H and O–H groups in total. The predicted octanol–water partition coefficient (Wildman–Crippen LogP) is 9.06. The van der Waals surface area contributed by atoms with Gasteiger partial charge in [0.05, 0.1) is 41.8 Å². The topological polar surface area (TPSA) is 143 Å². The summed E-state index contributed by atoms with van der Waals surface area (Å²) >= 11 is 0. The zero-order valence-corrected chi connectivity index (χ0v) is 33.2. The van der Waals surface area contributed by atoms with Gasteiger partial charge in [-0.05, 0) is 66.4 Å². The number of carbonyl (C=O) groups is 1. The third-order valence-electron chi connectivity index (χ3n) is 8.30. The molecule has 4 aromatic carbocycles. The lowest BCUT2D eigenvalue weighted by Gasteiger charge is -2.24. The van der Waals surface area contributed by atoms with Crippen molar-refractivity contribution in [1.82, 2.24) is 4.98 Å². The average Bonchev–Trinajstić information content (AvgIpc) is 3.08. The highest BCUT2D eigenvalue weighted by Crippen LogP contribution is 2.45. The Bertz CT molecular complexity index is 2210. The molecule has 0 radical (unpaired) electrons. The van der Waals surface area contributed by atoms with Crippen LogP contribution >= 0.6 is 7.37 Å². The summed E-state index contributed by atoms with van der Waals surface area (Å²) in [6, 6.07) is 23.6. The second-order valence-electron chi connectivity index (χ2n) is 13.6. The van der Waals surface area contributed by atoms with Crippen LogP contribution in [0.4, 0.5) is 39.0 Å². The molecule has 0 saturated carbocycles. The van der Waals surface area contributed by atoms with Gasteiger partial charge in [0.15, 0.2) is 5.75 Å². The Kier molecular flexibility index (Phi) is 12.0. The average molecular weight is 759 g/mol. The first-order valence-corrected chi connectivity index (χ1v) is 20.6. The molecule has 0 aliphatic carbocycles. The summed E-state index contributed by atoms with van der Waals surface area (Å²) in [6.45, 7) is 9.98. The van der Waals surface area contributed by atoms with Crippen LogP contribution in [0.3, 0.4) is 0 Å². The van der Waals surface area contributed by atoms with Gasteiger partial charge >= 0.3 is 6.03 Å². The number of urea groups is 1. The zero-order valence-electron chi connectivity index (χ0n) is 31.5. The van der Waals surface area contributed by atoms with Crippen LogP contribution in [0.25, 0.3) is 10.8 Å². The van der Waals surface area contributed by atoms with Gasteiger partial charge < -0.3 is 39.6 Å². The Morgan fingerprint density at radius 2 is 1.62 bits per heavy atom. The molecule has 5 aromatic rings. The van der Waals surface area contributed by atoms with E-state index in [0.717, 1.165) is 27.7 Å². The summed E-state index contributed by atoms with van der Waals surface area (Å²) < 4.78 is 45.8. The molecule has 0 aliphatic rings. The van der Waals surface area contributed by atoms with E-state index in [-0.39, 0.29) is 5.41 Å². The van der Waals surface area contributed by atoms with E-state index in [1.165, 1.54) is 13.4 Å². The van der Waals surface area contributed by atoms with Crippen molar-refractivity contribution in [1.29, 1.82) is 0 Å². The van der Waals surface area contributed by atoms with E-state index < -0.39 is 24.4 Å². The van der Waals surface area contributed by atoms with Gasteiger partial charge in [-0.15, -0.1) is 0 Å². The van der Waals surface area contributed by atoms with Crippen LogP contribution < -0.4 is 40.4 Å². The van der Waals surface area contributed by atoms with Crippen LogP contribution in [0, 0.1) is 0 Å². The minimum absolute atomic E-state index is 0.254. The second-order valence-corrected chi connectivity index (χ2v) is 17.2. The first-order chi connectivity index (χ1) is 25.1. The second kappa shape index (κ2) is 16.3. The Labute approximate surface area is 313 Å². The van der Waals surface area contributed by atoms with Crippen LogP contribution in [0.2, 0.25) is 0 Å². The SMILES string of the molecule is CCOP(C)(=O)c1ccc(Nc2cc(Oc3ccc(NC(=O)Nc4cc(C(C)(C)C)cc(NS(C)=O)c4OC)c4ccccc34)ccn2)cc1N(C)C. The number of aromatic nitrogens is 1. The molecule has 14 heteroatoms. The third-order valence-corrected chi connectivity index (χ3v) is 10.8. The first kappa shape index (κ1) is 39.1. The maximum Gasteiger partial charge on any atom is 0.323 e. The Hall–Kier alpha value is -5.10. The lowest BCUT2D eigenvalue weighted by atomic mass is 9.86. The van der Waals surface area contributed by atoms with Crippen LogP contribution in [-0.2, 0) is 25.5 Å². The largest absolute Gasteiger partial charge is 0.492 e. The van der Waals surface area contributed by atoms with Crippen molar-refractivity contribution in [3.63, 3.8) is 0 Å². The number of nitrogens with zero attached hydrogens (tertiary/aromatic N) is 2. The molecule has 1 aromatic heterocycles. The fourth-order valence-electron chi connectivity index (χ4n) is 5.79. The van der Waals surface area contributed by atoms with E-state index in [1.807, 2.05) is 80.5 Å². The highest BCUT2D eigenvalue weighted by Gasteiger charge is 2.24. The molecule has 53 heavy (non-hydrogen) atoms. The van der Waals surface area contributed by atoms with Gasteiger partial charge in [-0.25, -0.2) is 14.0 Å². The standard InChI is InChI=1S/C39H47N6O6PS/c1-10-50-52(8,47)35-18-15-26(23-33(35)45(5)6)41-36-24-27(19-20-40-36)51-34-17-16-30(28-13-11-12-14-29(28)34)42-38(46)43-31-21-25(39(2,3)4)22-32(37(31)49-7)44-53(9)48/h11-24,44H,10H2,1-9H3,(H,40,41)(H2,42,43,46). The van der Waals surface area contributed by atoms with Crippen LogP contribution in [0.15, 0.2) is 85.1 Å². The molecule has 2 amide bonds. The number of rotatable bonds is 13. The number of nitrogens with one attached hydrogen (secondary N) is 4. The van der Waals surface area contributed by atoms with Gasteiger partial charge in [-0.3, -0.25) is 4.57 Å². The zero-order chi connectivity index (χ0) is 38.5. The van der Waals surface area contributed by atoms with E-state index >= 15 is 0 Å². The van der Waals surface area contributed by atoms with Gasteiger partial charge in [0, 0.05) is 55.7 Å². The number of fused-ring (bicyclic) bond motifs is 1. The van der Waals surface area contributed by atoms with Crippen molar-refractivity contribution < 1.29 is 27.6 Å². The number of pyridine rings is 1. The van der Waals surface area contributed by atoms with Crippen LogP contribution in [0.1, 0.15) is 33.3 Å². The lowest BCUT2D eigenvalue weighted by Crippen LogP contribution is -2.21. The number of ether oxygens (including phenoxy) is 2. The first-order valence-electron chi connectivity index (χ1n) is 17.0. The van der Waals surface area contributed by atoms with Crippen molar-refractivity contribution in [3.05, 3.63) is 90.6 Å². The van der Waals surface area contributed by atoms with E-state index in [1.54, 1.807) is 37.1 Å². The number of carbonyl (C=O) groups excluding carboxylic acids is 1. The summed E-state index contributed by atoms with van der Waals surface area (Å²) in [5.41, 5.74) is 3.72. The highest BCUT2D eigenvalue weighted by atomic mass is 32.2. The molecule has 0 saturated heterocycles.